The van der Waals surface area contributed by atoms with Crippen LogP contribution in [0, 0.1) is 19.8 Å². The maximum Gasteiger partial charge on any atom is 0.126 e. The highest BCUT2D eigenvalue weighted by Crippen LogP contribution is 2.44. The van der Waals surface area contributed by atoms with Gasteiger partial charge in [-0.25, -0.2) is 0 Å². The van der Waals surface area contributed by atoms with Crippen molar-refractivity contribution in [2.75, 3.05) is 14.2 Å². The number of hydrogen-bond acceptors (Lipinski definition) is 3. The summed E-state index contributed by atoms with van der Waals surface area (Å²) in [5.74, 6) is 1.57. The van der Waals surface area contributed by atoms with Crippen LogP contribution in [0.25, 0.3) is 0 Å². The molecule has 2 N–H and O–H groups in total. The Labute approximate surface area is 128 Å². The van der Waals surface area contributed by atoms with E-state index in [9.17, 15) is 0 Å². The van der Waals surface area contributed by atoms with Gasteiger partial charge >= 0.3 is 0 Å². The van der Waals surface area contributed by atoms with E-state index in [1.165, 1.54) is 24.0 Å². The van der Waals surface area contributed by atoms with Crippen LogP contribution in [0.2, 0.25) is 0 Å². The third-order valence-corrected chi connectivity index (χ3v) is 5.21. The fourth-order valence-corrected chi connectivity index (χ4v) is 3.75. The first kappa shape index (κ1) is 16.3. The fraction of sp³-hybridized carbons (Fsp3) is 0.667. The molecule has 1 aromatic rings. The smallest absolute Gasteiger partial charge is 0.126 e. The van der Waals surface area contributed by atoms with E-state index in [0.717, 1.165) is 24.2 Å². The molecule has 21 heavy (non-hydrogen) atoms. The van der Waals surface area contributed by atoms with Gasteiger partial charge in [0.25, 0.3) is 0 Å². The molecular formula is C18H29NO2. The molecule has 0 bridgehead atoms. The van der Waals surface area contributed by atoms with Crippen molar-refractivity contribution in [2.45, 2.75) is 58.1 Å². The molecule has 0 spiro atoms. The Morgan fingerprint density at radius 1 is 1.29 bits per heavy atom. The van der Waals surface area contributed by atoms with Crippen molar-refractivity contribution in [3.63, 3.8) is 0 Å². The Morgan fingerprint density at radius 2 is 2.00 bits per heavy atom. The first-order valence-electron chi connectivity index (χ1n) is 7.90. The molecular weight excluding hydrogens is 262 g/mol. The molecule has 0 amide bonds. The lowest BCUT2D eigenvalue weighted by molar-refractivity contribution is -0.0721. The van der Waals surface area contributed by atoms with Crippen molar-refractivity contribution in [1.29, 1.82) is 0 Å². The highest BCUT2D eigenvalue weighted by Gasteiger charge is 2.42. The van der Waals surface area contributed by atoms with Crippen LogP contribution in [0.3, 0.4) is 0 Å². The van der Waals surface area contributed by atoms with Crippen molar-refractivity contribution >= 4 is 0 Å². The molecule has 3 unspecified atom stereocenters. The molecule has 0 heterocycles. The molecule has 3 nitrogen and oxygen atoms in total. The number of ether oxygens (including phenoxy) is 2. The molecule has 3 atom stereocenters. The third kappa shape index (κ3) is 2.95. The number of rotatable bonds is 4. The molecule has 0 aromatic heterocycles. The molecule has 118 valence electrons. The van der Waals surface area contributed by atoms with Gasteiger partial charge in [-0.15, -0.1) is 0 Å². The molecule has 0 saturated heterocycles. The quantitative estimate of drug-likeness (QED) is 0.914. The van der Waals surface area contributed by atoms with Crippen molar-refractivity contribution in [3.8, 4) is 5.75 Å². The number of benzene rings is 1. The Balaban J connectivity index is 2.42. The molecule has 2 rings (SSSR count). The molecule has 1 aliphatic rings. The van der Waals surface area contributed by atoms with Gasteiger partial charge in [-0.1, -0.05) is 31.9 Å². The molecule has 0 aliphatic heterocycles. The van der Waals surface area contributed by atoms with Crippen LogP contribution in [0.1, 0.15) is 55.3 Å². The van der Waals surface area contributed by atoms with Crippen LogP contribution in [-0.4, -0.2) is 19.8 Å². The van der Waals surface area contributed by atoms with Crippen molar-refractivity contribution in [1.82, 2.24) is 0 Å². The zero-order chi connectivity index (χ0) is 15.6. The summed E-state index contributed by atoms with van der Waals surface area (Å²) in [4.78, 5) is 0. The van der Waals surface area contributed by atoms with E-state index in [1.807, 2.05) is 0 Å². The number of nitrogens with two attached hydrogens (primary N) is 1. The summed E-state index contributed by atoms with van der Waals surface area (Å²) in [6.07, 6.45) is 4.48. The van der Waals surface area contributed by atoms with Crippen LogP contribution in [0.5, 0.6) is 5.75 Å². The molecule has 1 aliphatic carbocycles. The lowest BCUT2D eigenvalue weighted by atomic mass is 9.72. The van der Waals surface area contributed by atoms with E-state index in [4.69, 9.17) is 15.2 Å². The third-order valence-electron chi connectivity index (χ3n) is 5.21. The van der Waals surface area contributed by atoms with Crippen LogP contribution in [-0.2, 0) is 4.74 Å². The predicted octanol–water partition coefficient (Wildman–Crippen LogP) is 3.91. The summed E-state index contributed by atoms with van der Waals surface area (Å²) in [5.41, 5.74) is 9.86. The van der Waals surface area contributed by atoms with E-state index in [-0.39, 0.29) is 11.6 Å². The largest absolute Gasteiger partial charge is 0.496 e. The average molecular weight is 291 g/mol. The molecule has 1 aromatic carbocycles. The summed E-state index contributed by atoms with van der Waals surface area (Å²) in [7, 11) is 3.52. The SMILES string of the molecule is COc1c(C(N)C2(OC)CCCC(C)C2)ccc(C)c1C. The maximum atomic E-state index is 6.67. The molecule has 0 radical (unpaired) electrons. The minimum absolute atomic E-state index is 0.153. The zero-order valence-electron chi connectivity index (χ0n) is 14.0. The standard InChI is InChI=1S/C18H29NO2/c1-12-7-6-10-18(11-12,21-5)17(19)15-9-8-13(2)14(3)16(15)20-4/h8-9,12,17H,6-7,10-11,19H2,1-5H3. The van der Waals surface area contributed by atoms with Gasteiger partial charge in [-0.3, -0.25) is 0 Å². The Morgan fingerprint density at radius 3 is 2.57 bits per heavy atom. The van der Waals surface area contributed by atoms with Gasteiger partial charge in [0.2, 0.25) is 0 Å². The van der Waals surface area contributed by atoms with Crippen molar-refractivity contribution in [2.24, 2.45) is 11.7 Å². The second kappa shape index (κ2) is 6.37. The Hall–Kier alpha value is -1.06. The van der Waals surface area contributed by atoms with Gasteiger partial charge in [-0.05, 0) is 43.7 Å². The van der Waals surface area contributed by atoms with Gasteiger partial charge in [0.15, 0.2) is 0 Å². The number of aryl methyl sites for hydroxylation is 1. The summed E-state index contributed by atoms with van der Waals surface area (Å²) in [6.45, 7) is 6.48. The summed E-state index contributed by atoms with van der Waals surface area (Å²) >= 11 is 0. The second-order valence-corrected chi connectivity index (χ2v) is 6.58. The minimum Gasteiger partial charge on any atom is -0.496 e. The summed E-state index contributed by atoms with van der Waals surface area (Å²) in [6, 6.07) is 4.08. The first-order chi connectivity index (χ1) is 9.95. The van der Waals surface area contributed by atoms with Crippen LogP contribution in [0.15, 0.2) is 12.1 Å². The fourth-order valence-electron chi connectivity index (χ4n) is 3.75. The second-order valence-electron chi connectivity index (χ2n) is 6.58. The van der Waals surface area contributed by atoms with E-state index < -0.39 is 0 Å². The van der Waals surface area contributed by atoms with Gasteiger partial charge < -0.3 is 15.2 Å². The van der Waals surface area contributed by atoms with E-state index in [0.29, 0.717) is 5.92 Å². The average Bonchev–Trinajstić information content (AvgIpc) is 2.49. The summed E-state index contributed by atoms with van der Waals surface area (Å²) in [5, 5.41) is 0. The highest BCUT2D eigenvalue weighted by molar-refractivity contribution is 5.47. The van der Waals surface area contributed by atoms with Crippen molar-refractivity contribution < 1.29 is 9.47 Å². The normalized spacial score (nSPS) is 27.4. The lowest BCUT2D eigenvalue weighted by Crippen LogP contribution is -2.46. The topological polar surface area (TPSA) is 44.5 Å². The zero-order valence-corrected chi connectivity index (χ0v) is 14.0. The Kier molecular flexibility index (Phi) is 4.95. The lowest BCUT2D eigenvalue weighted by Gasteiger charge is -2.43. The minimum atomic E-state index is -0.271. The molecule has 3 heteroatoms. The Bertz CT molecular complexity index is 500. The summed E-state index contributed by atoms with van der Waals surface area (Å²) < 4.78 is 11.6. The highest BCUT2D eigenvalue weighted by atomic mass is 16.5. The molecule has 1 fully saturated rings. The van der Waals surface area contributed by atoms with Crippen molar-refractivity contribution in [3.05, 3.63) is 28.8 Å². The van der Waals surface area contributed by atoms with Crippen LogP contribution < -0.4 is 10.5 Å². The van der Waals surface area contributed by atoms with E-state index in [2.05, 4.69) is 32.9 Å². The first-order valence-corrected chi connectivity index (χ1v) is 7.90. The van der Waals surface area contributed by atoms with Gasteiger partial charge in [-0.2, -0.15) is 0 Å². The van der Waals surface area contributed by atoms with E-state index in [1.54, 1.807) is 14.2 Å². The maximum absolute atomic E-state index is 6.67. The van der Waals surface area contributed by atoms with Gasteiger partial charge in [0.1, 0.15) is 5.75 Å². The van der Waals surface area contributed by atoms with Gasteiger partial charge in [0, 0.05) is 12.7 Å². The van der Waals surface area contributed by atoms with Crippen LogP contribution >= 0.6 is 0 Å². The number of methoxy groups -OCH3 is 2. The predicted molar refractivity (Wildman–Crippen MR) is 86.8 cm³/mol. The van der Waals surface area contributed by atoms with E-state index >= 15 is 0 Å². The number of hydrogen-bond donors (Lipinski definition) is 1. The molecule has 1 saturated carbocycles. The van der Waals surface area contributed by atoms with Gasteiger partial charge in [0.05, 0.1) is 18.8 Å². The van der Waals surface area contributed by atoms with Crippen LogP contribution in [0.4, 0.5) is 0 Å². The monoisotopic (exact) mass is 291 g/mol.